The fourth-order valence-corrected chi connectivity index (χ4v) is 3.22. The highest BCUT2D eigenvalue weighted by molar-refractivity contribution is 6.03. The molecular formula is C22H21N5O2. The van der Waals surface area contributed by atoms with E-state index in [1.165, 1.54) is 0 Å². The van der Waals surface area contributed by atoms with Crippen molar-refractivity contribution in [3.05, 3.63) is 77.2 Å². The van der Waals surface area contributed by atoms with Gasteiger partial charge in [0.05, 0.1) is 23.6 Å². The minimum atomic E-state index is -0.328. The van der Waals surface area contributed by atoms with Crippen LogP contribution in [0.2, 0.25) is 0 Å². The minimum absolute atomic E-state index is 0.226. The molecule has 0 aliphatic carbocycles. The second kappa shape index (κ2) is 7.81. The van der Waals surface area contributed by atoms with Crippen LogP contribution in [-0.2, 0) is 11.3 Å². The zero-order chi connectivity index (χ0) is 20.4. The molecule has 0 saturated carbocycles. The van der Waals surface area contributed by atoms with Crippen LogP contribution >= 0.6 is 0 Å². The number of ether oxygens (including phenoxy) is 1. The van der Waals surface area contributed by atoms with E-state index in [1.807, 2.05) is 68.4 Å². The summed E-state index contributed by atoms with van der Waals surface area (Å²) in [5.74, 6) is -0.328. The third kappa shape index (κ3) is 3.60. The molecular weight excluding hydrogens is 366 g/mol. The van der Waals surface area contributed by atoms with Crippen LogP contribution in [0.5, 0.6) is 0 Å². The molecule has 4 rings (SSSR count). The number of methoxy groups -OCH3 is 1. The number of nitrogens with one attached hydrogen (secondary N) is 1. The Labute approximate surface area is 168 Å². The molecule has 146 valence electrons. The van der Waals surface area contributed by atoms with E-state index in [0.717, 1.165) is 22.4 Å². The molecule has 7 nitrogen and oxygen atoms in total. The lowest BCUT2D eigenvalue weighted by Crippen LogP contribution is -2.18. The van der Waals surface area contributed by atoms with Gasteiger partial charge in [0.15, 0.2) is 11.3 Å². The Morgan fingerprint density at radius 1 is 1.03 bits per heavy atom. The monoisotopic (exact) mass is 387 g/mol. The Morgan fingerprint density at radius 3 is 2.45 bits per heavy atom. The number of amides is 1. The van der Waals surface area contributed by atoms with Gasteiger partial charge in [-0.2, -0.15) is 5.10 Å². The first kappa shape index (κ1) is 18.8. The first-order chi connectivity index (χ1) is 14.1. The number of carbonyl (C=O) groups excluding carboxylic acids is 1. The van der Waals surface area contributed by atoms with E-state index in [2.05, 4.69) is 20.6 Å². The summed E-state index contributed by atoms with van der Waals surface area (Å²) in [7, 11) is 1.62. The van der Waals surface area contributed by atoms with E-state index in [4.69, 9.17) is 4.74 Å². The van der Waals surface area contributed by atoms with Crippen LogP contribution in [-0.4, -0.2) is 32.8 Å². The van der Waals surface area contributed by atoms with Gasteiger partial charge < -0.3 is 10.1 Å². The van der Waals surface area contributed by atoms with Crippen molar-refractivity contribution in [1.29, 1.82) is 0 Å². The standard InChI is InChI=1S/C22H21N5O2/c1-14-9-11-17(12-10-14)23-22(28)20-15(2)27-21(25-24-20)19(18(26-27)13-29-3)16-7-5-4-6-8-16/h4-12H,13H2,1-3H3,(H,23,28). The van der Waals surface area contributed by atoms with Crippen molar-refractivity contribution in [2.45, 2.75) is 20.5 Å². The molecule has 0 aliphatic heterocycles. The number of hydrogen-bond acceptors (Lipinski definition) is 5. The lowest BCUT2D eigenvalue weighted by atomic mass is 10.1. The van der Waals surface area contributed by atoms with E-state index < -0.39 is 0 Å². The van der Waals surface area contributed by atoms with Gasteiger partial charge in [-0.25, -0.2) is 4.52 Å². The summed E-state index contributed by atoms with van der Waals surface area (Å²) >= 11 is 0. The molecule has 0 saturated heterocycles. The van der Waals surface area contributed by atoms with Crippen LogP contribution in [0.4, 0.5) is 5.69 Å². The highest BCUT2D eigenvalue weighted by atomic mass is 16.5. The number of aromatic nitrogens is 4. The van der Waals surface area contributed by atoms with Crippen molar-refractivity contribution in [2.24, 2.45) is 0 Å². The van der Waals surface area contributed by atoms with Gasteiger partial charge in [-0.05, 0) is 31.5 Å². The van der Waals surface area contributed by atoms with Crippen LogP contribution in [0.15, 0.2) is 54.6 Å². The lowest BCUT2D eigenvalue weighted by Gasteiger charge is -2.08. The fraction of sp³-hybridized carbons (Fsp3) is 0.182. The van der Waals surface area contributed by atoms with Gasteiger partial charge in [-0.15, -0.1) is 10.2 Å². The van der Waals surface area contributed by atoms with Crippen LogP contribution in [0, 0.1) is 13.8 Å². The summed E-state index contributed by atoms with van der Waals surface area (Å²) in [6.45, 7) is 4.14. The molecule has 0 unspecified atom stereocenters. The van der Waals surface area contributed by atoms with Gasteiger partial charge in [0.25, 0.3) is 5.91 Å². The molecule has 2 heterocycles. The maximum Gasteiger partial charge on any atom is 0.278 e. The third-order valence-corrected chi connectivity index (χ3v) is 4.71. The number of nitrogens with zero attached hydrogens (tertiary/aromatic N) is 4. The maximum absolute atomic E-state index is 12.8. The quantitative estimate of drug-likeness (QED) is 0.563. The average molecular weight is 387 g/mol. The van der Waals surface area contributed by atoms with Gasteiger partial charge in [-0.1, -0.05) is 48.0 Å². The Morgan fingerprint density at radius 2 is 1.76 bits per heavy atom. The largest absolute Gasteiger partial charge is 0.378 e. The predicted octanol–water partition coefficient (Wildman–Crippen LogP) is 3.81. The highest BCUT2D eigenvalue weighted by Gasteiger charge is 2.21. The zero-order valence-electron chi connectivity index (χ0n) is 16.5. The Kier molecular flexibility index (Phi) is 5.05. The Hall–Kier alpha value is -3.58. The molecule has 0 bridgehead atoms. The fourth-order valence-electron chi connectivity index (χ4n) is 3.22. The molecule has 1 N–H and O–H groups in total. The van der Waals surface area contributed by atoms with Crippen LogP contribution < -0.4 is 5.32 Å². The van der Waals surface area contributed by atoms with E-state index in [9.17, 15) is 4.79 Å². The second-order valence-corrected chi connectivity index (χ2v) is 6.81. The number of fused-ring (bicyclic) bond motifs is 1. The maximum atomic E-state index is 12.8. The molecule has 0 aliphatic rings. The third-order valence-electron chi connectivity index (χ3n) is 4.71. The number of aryl methyl sites for hydroxylation is 2. The van der Waals surface area contributed by atoms with Crippen molar-refractivity contribution >= 4 is 17.2 Å². The summed E-state index contributed by atoms with van der Waals surface area (Å²) < 4.78 is 6.98. The van der Waals surface area contributed by atoms with Gasteiger partial charge in [0, 0.05) is 12.8 Å². The molecule has 0 spiro atoms. The van der Waals surface area contributed by atoms with Gasteiger partial charge >= 0.3 is 0 Å². The highest BCUT2D eigenvalue weighted by Crippen LogP contribution is 2.28. The molecule has 29 heavy (non-hydrogen) atoms. The Balaban J connectivity index is 1.77. The van der Waals surface area contributed by atoms with Crippen LogP contribution in [0.25, 0.3) is 16.8 Å². The SMILES string of the molecule is COCc1nn2c(C)c(C(=O)Nc3ccc(C)cc3)nnc2c1-c1ccccc1. The first-order valence-corrected chi connectivity index (χ1v) is 9.25. The van der Waals surface area contributed by atoms with Crippen molar-refractivity contribution in [3.8, 4) is 11.1 Å². The molecule has 1 amide bonds. The van der Waals surface area contributed by atoms with Crippen LogP contribution in [0.3, 0.4) is 0 Å². The molecule has 0 atom stereocenters. The normalized spacial score (nSPS) is 11.0. The zero-order valence-corrected chi connectivity index (χ0v) is 16.5. The lowest BCUT2D eigenvalue weighted by molar-refractivity contribution is 0.102. The van der Waals surface area contributed by atoms with Gasteiger partial charge in [0.1, 0.15) is 0 Å². The molecule has 0 fully saturated rings. The molecule has 7 heteroatoms. The summed E-state index contributed by atoms with van der Waals surface area (Å²) in [6.07, 6.45) is 0. The first-order valence-electron chi connectivity index (χ1n) is 9.25. The van der Waals surface area contributed by atoms with E-state index in [-0.39, 0.29) is 11.6 Å². The van der Waals surface area contributed by atoms with Gasteiger partial charge in [-0.3, -0.25) is 4.79 Å². The number of anilines is 1. The predicted molar refractivity (Wildman–Crippen MR) is 111 cm³/mol. The molecule has 2 aromatic carbocycles. The number of hydrogen-bond donors (Lipinski definition) is 1. The van der Waals surface area contributed by atoms with Crippen molar-refractivity contribution < 1.29 is 9.53 Å². The van der Waals surface area contributed by atoms with E-state index in [0.29, 0.717) is 23.6 Å². The van der Waals surface area contributed by atoms with Crippen molar-refractivity contribution in [1.82, 2.24) is 19.8 Å². The smallest absolute Gasteiger partial charge is 0.278 e. The molecule has 0 radical (unpaired) electrons. The molecule has 2 aromatic heterocycles. The summed E-state index contributed by atoms with van der Waals surface area (Å²) in [5, 5.41) is 16.1. The number of benzene rings is 2. The van der Waals surface area contributed by atoms with Crippen molar-refractivity contribution in [2.75, 3.05) is 12.4 Å². The summed E-state index contributed by atoms with van der Waals surface area (Å²) in [6, 6.07) is 17.4. The average Bonchev–Trinajstić information content (AvgIpc) is 3.10. The summed E-state index contributed by atoms with van der Waals surface area (Å²) in [5.41, 5.74) is 5.82. The second-order valence-electron chi connectivity index (χ2n) is 6.81. The topological polar surface area (TPSA) is 81.4 Å². The Bertz CT molecular complexity index is 1170. The van der Waals surface area contributed by atoms with Gasteiger partial charge in [0.2, 0.25) is 0 Å². The number of rotatable bonds is 5. The molecule has 4 aromatic rings. The minimum Gasteiger partial charge on any atom is -0.378 e. The van der Waals surface area contributed by atoms with E-state index >= 15 is 0 Å². The van der Waals surface area contributed by atoms with Crippen molar-refractivity contribution in [3.63, 3.8) is 0 Å². The van der Waals surface area contributed by atoms with E-state index in [1.54, 1.807) is 11.6 Å². The summed E-state index contributed by atoms with van der Waals surface area (Å²) in [4.78, 5) is 12.8. The van der Waals surface area contributed by atoms with Crippen LogP contribution in [0.1, 0.15) is 27.4 Å². The number of carbonyl (C=O) groups is 1.